The van der Waals surface area contributed by atoms with Gasteiger partial charge in [0.05, 0.1) is 11.7 Å². The number of piperazine rings is 1. The minimum Gasteiger partial charge on any atom is -0.376 e. The molecule has 31 heavy (non-hydrogen) atoms. The van der Waals surface area contributed by atoms with Gasteiger partial charge in [0.2, 0.25) is 5.91 Å². The molecule has 7 nitrogen and oxygen atoms in total. The highest BCUT2D eigenvalue weighted by molar-refractivity contribution is 5.94. The first-order chi connectivity index (χ1) is 15.2. The zero-order valence-electron chi connectivity index (χ0n) is 18.6. The molecule has 2 saturated heterocycles. The predicted molar refractivity (Wildman–Crippen MR) is 120 cm³/mol. The number of rotatable bonds is 7. The molecule has 170 valence electrons. The predicted octanol–water partition coefficient (Wildman–Crippen LogP) is 3.00. The maximum atomic E-state index is 12.6. The summed E-state index contributed by atoms with van der Waals surface area (Å²) in [5, 5.41) is 2.93. The van der Waals surface area contributed by atoms with E-state index in [0.717, 1.165) is 63.8 Å². The van der Waals surface area contributed by atoms with Crippen LogP contribution < -0.4 is 10.2 Å². The van der Waals surface area contributed by atoms with Crippen molar-refractivity contribution in [2.45, 2.75) is 63.9 Å². The Hall–Kier alpha value is -2.15. The van der Waals surface area contributed by atoms with E-state index in [2.05, 4.69) is 15.2 Å². The lowest BCUT2D eigenvalue weighted by molar-refractivity contribution is -0.131. The van der Waals surface area contributed by atoms with Gasteiger partial charge in [0.15, 0.2) is 0 Å². The van der Waals surface area contributed by atoms with E-state index in [9.17, 15) is 9.59 Å². The van der Waals surface area contributed by atoms with Gasteiger partial charge in [-0.25, -0.2) is 4.98 Å². The molecular formula is C24H36N4O3. The van der Waals surface area contributed by atoms with E-state index >= 15 is 0 Å². The summed E-state index contributed by atoms with van der Waals surface area (Å²) in [6, 6.07) is 3.73. The number of carbonyl (C=O) groups is 2. The van der Waals surface area contributed by atoms with E-state index in [0.29, 0.717) is 24.4 Å². The van der Waals surface area contributed by atoms with Crippen molar-refractivity contribution in [3.8, 4) is 0 Å². The zero-order chi connectivity index (χ0) is 21.5. The first kappa shape index (κ1) is 22.1. The Bertz CT molecular complexity index is 719. The van der Waals surface area contributed by atoms with Crippen molar-refractivity contribution in [1.82, 2.24) is 15.2 Å². The summed E-state index contributed by atoms with van der Waals surface area (Å²) < 4.78 is 5.54. The maximum absolute atomic E-state index is 12.6. The molecule has 1 N–H and O–H groups in total. The molecule has 4 rings (SSSR count). The molecule has 7 heteroatoms. The molecular weight excluding hydrogens is 392 g/mol. The first-order valence-electron chi connectivity index (χ1n) is 12.1. The number of carbonyl (C=O) groups excluding carboxylic acids is 2. The third-order valence-electron chi connectivity index (χ3n) is 6.97. The molecule has 1 aromatic heterocycles. The number of hydrogen-bond donors (Lipinski definition) is 1. The molecule has 3 heterocycles. The highest BCUT2D eigenvalue weighted by Crippen LogP contribution is 2.27. The van der Waals surface area contributed by atoms with E-state index in [1.54, 1.807) is 6.20 Å². The van der Waals surface area contributed by atoms with Gasteiger partial charge in [-0.3, -0.25) is 9.59 Å². The van der Waals surface area contributed by atoms with Crippen LogP contribution in [0, 0.1) is 5.92 Å². The number of hydrogen-bond acceptors (Lipinski definition) is 5. The van der Waals surface area contributed by atoms with E-state index < -0.39 is 0 Å². The van der Waals surface area contributed by atoms with Gasteiger partial charge in [-0.1, -0.05) is 32.1 Å². The number of aromatic nitrogens is 1. The summed E-state index contributed by atoms with van der Waals surface area (Å²) in [5.74, 6) is 1.81. The molecule has 1 aromatic rings. The summed E-state index contributed by atoms with van der Waals surface area (Å²) >= 11 is 0. The quantitative estimate of drug-likeness (QED) is 0.723. The summed E-state index contributed by atoms with van der Waals surface area (Å²) in [7, 11) is 0. The molecule has 3 fully saturated rings. The molecule has 0 aromatic carbocycles. The third-order valence-corrected chi connectivity index (χ3v) is 6.97. The van der Waals surface area contributed by atoms with Crippen molar-refractivity contribution in [1.29, 1.82) is 0 Å². The Labute approximate surface area is 185 Å². The monoisotopic (exact) mass is 428 g/mol. The van der Waals surface area contributed by atoms with Crippen LogP contribution in [0.5, 0.6) is 0 Å². The van der Waals surface area contributed by atoms with Crippen molar-refractivity contribution >= 4 is 17.6 Å². The molecule has 0 radical (unpaired) electrons. The van der Waals surface area contributed by atoms with Gasteiger partial charge in [-0.2, -0.15) is 0 Å². The van der Waals surface area contributed by atoms with Crippen LogP contribution in [0.2, 0.25) is 0 Å². The molecule has 1 atom stereocenters. The summed E-state index contributed by atoms with van der Waals surface area (Å²) in [6.07, 6.45) is 12.2. The Morgan fingerprint density at radius 3 is 2.52 bits per heavy atom. The van der Waals surface area contributed by atoms with Crippen molar-refractivity contribution in [2.75, 3.05) is 44.2 Å². The van der Waals surface area contributed by atoms with Gasteiger partial charge < -0.3 is 19.9 Å². The minimum atomic E-state index is -0.108. The van der Waals surface area contributed by atoms with Crippen molar-refractivity contribution in [3.63, 3.8) is 0 Å². The van der Waals surface area contributed by atoms with Crippen molar-refractivity contribution in [2.24, 2.45) is 5.92 Å². The Balaban J connectivity index is 1.19. The van der Waals surface area contributed by atoms with Gasteiger partial charge in [-0.05, 0) is 37.3 Å². The van der Waals surface area contributed by atoms with E-state index in [1.807, 2.05) is 17.0 Å². The van der Waals surface area contributed by atoms with Gasteiger partial charge in [0, 0.05) is 51.9 Å². The van der Waals surface area contributed by atoms with E-state index in [4.69, 9.17) is 4.74 Å². The largest absolute Gasteiger partial charge is 0.376 e. The summed E-state index contributed by atoms with van der Waals surface area (Å²) in [4.78, 5) is 33.6. The first-order valence-corrected chi connectivity index (χ1v) is 12.1. The normalized spacial score (nSPS) is 22.5. The van der Waals surface area contributed by atoms with Crippen LogP contribution in [-0.4, -0.2) is 67.1 Å². The Morgan fingerprint density at radius 1 is 1.03 bits per heavy atom. The molecule has 1 unspecified atom stereocenters. The SMILES string of the molecule is O=C(NCC1CCCO1)c1ccc(N2CCN(C(=O)CCC3CCCCC3)CC2)nc1. The number of pyridine rings is 1. The fraction of sp³-hybridized carbons (Fsp3) is 0.708. The average molecular weight is 429 g/mol. The van der Waals surface area contributed by atoms with Crippen LogP contribution in [0.4, 0.5) is 5.82 Å². The molecule has 0 bridgehead atoms. The lowest BCUT2D eigenvalue weighted by Crippen LogP contribution is -2.49. The fourth-order valence-electron chi connectivity index (χ4n) is 4.97. The van der Waals surface area contributed by atoms with Crippen LogP contribution in [0.1, 0.15) is 68.1 Å². The van der Waals surface area contributed by atoms with Gasteiger partial charge in [0.1, 0.15) is 5.82 Å². The van der Waals surface area contributed by atoms with Crippen LogP contribution >= 0.6 is 0 Å². The second-order valence-corrected chi connectivity index (χ2v) is 9.16. The number of amides is 2. The second-order valence-electron chi connectivity index (χ2n) is 9.16. The van der Waals surface area contributed by atoms with Gasteiger partial charge in [0.25, 0.3) is 5.91 Å². The zero-order valence-corrected chi connectivity index (χ0v) is 18.6. The van der Waals surface area contributed by atoms with Crippen molar-refractivity contribution in [3.05, 3.63) is 23.9 Å². The number of nitrogens with zero attached hydrogens (tertiary/aromatic N) is 3. The number of nitrogens with one attached hydrogen (secondary N) is 1. The molecule has 2 aliphatic heterocycles. The lowest BCUT2D eigenvalue weighted by Gasteiger charge is -2.35. The third kappa shape index (κ3) is 6.19. The van der Waals surface area contributed by atoms with E-state index in [1.165, 1.54) is 32.1 Å². The van der Waals surface area contributed by atoms with Crippen LogP contribution in [0.3, 0.4) is 0 Å². The van der Waals surface area contributed by atoms with Crippen LogP contribution in [-0.2, 0) is 9.53 Å². The summed E-state index contributed by atoms with van der Waals surface area (Å²) in [6.45, 7) is 4.40. The molecule has 1 aliphatic carbocycles. The lowest BCUT2D eigenvalue weighted by atomic mass is 9.86. The summed E-state index contributed by atoms with van der Waals surface area (Å²) in [5.41, 5.74) is 0.568. The average Bonchev–Trinajstić information content (AvgIpc) is 3.36. The fourth-order valence-corrected chi connectivity index (χ4v) is 4.97. The standard InChI is InChI=1S/C24H36N4O3/c29-23(11-8-19-5-2-1-3-6-19)28-14-12-27(13-15-28)22-10-9-20(17-25-22)24(30)26-18-21-7-4-16-31-21/h9-10,17,19,21H,1-8,11-16,18H2,(H,26,30). The smallest absolute Gasteiger partial charge is 0.252 e. The van der Waals surface area contributed by atoms with Gasteiger partial charge >= 0.3 is 0 Å². The minimum absolute atomic E-state index is 0.108. The molecule has 3 aliphatic rings. The molecule has 2 amide bonds. The highest BCUT2D eigenvalue weighted by atomic mass is 16.5. The van der Waals surface area contributed by atoms with Crippen molar-refractivity contribution < 1.29 is 14.3 Å². The maximum Gasteiger partial charge on any atom is 0.252 e. The van der Waals surface area contributed by atoms with Crippen LogP contribution in [0.15, 0.2) is 18.3 Å². The number of ether oxygens (including phenoxy) is 1. The topological polar surface area (TPSA) is 74.8 Å². The Morgan fingerprint density at radius 2 is 1.84 bits per heavy atom. The highest BCUT2D eigenvalue weighted by Gasteiger charge is 2.23. The Kier molecular flexibility index (Phi) is 7.78. The van der Waals surface area contributed by atoms with E-state index in [-0.39, 0.29) is 12.0 Å². The molecule has 0 spiro atoms. The molecule has 1 saturated carbocycles. The van der Waals surface area contributed by atoms with Gasteiger partial charge in [-0.15, -0.1) is 0 Å². The van der Waals surface area contributed by atoms with Crippen LogP contribution in [0.25, 0.3) is 0 Å². The number of anilines is 1. The second kappa shape index (κ2) is 10.9.